The molecule has 2 aromatic heterocycles. The molecule has 0 unspecified atom stereocenters. The summed E-state index contributed by atoms with van der Waals surface area (Å²) in [5.74, 6) is 0.0346. The van der Waals surface area contributed by atoms with Crippen molar-refractivity contribution < 1.29 is 14.3 Å². The van der Waals surface area contributed by atoms with Gasteiger partial charge in [-0.05, 0) is 29.8 Å². The Morgan fingerprint density at radius 3 is 2.53 bits per heavy atom. The lowest BCUT2D eigenvalue weighted by molar-refractivity contribution is -0.117. The molecular weight excluding hydrogens is 448 g/mol. The highest BCUT2D eigenvalue weighted by molar-refractivity contribution is 7.99. The van der Waals surface area contributed by atoms with Gasteiger partial charge in [0.05, 0.1) is 23.9 Å². The fraction of sp³-hybridized carbons (Fsp3) is 0.0909. The highest BCUT2D eigenvalue weighted by atomic mass is 32.2. The standard InChI is InChI=1S/C22H18N4O4S2/c1-30-15-9-7-13(8-10-15)16-11-31-19-18(16)20(28)26(14-5-3-2-4-6-14)22(25-19)32-12-17(27)24-21(23)29/h2-11H,12H2,1H3,(H3,23,24,27,29). The number of benzene rings is 2. The third-order valence-electron chi connectivity index (χ3n) is 4.59. The van der Waals surface area contributed by atoms with Gasteiger partial charge in [-0.2, -0.15) is 0 Å². The van der Waals surface area contributed by atoms with E-state index in [0.29, 0.717) is 21.1 Å². The first-order valence-electron chi connectivity index (χ1n) is 9.44. The predicted molar refractivity (Wildman–Crippen MR) is 126 cm³/mol. The van der Waals surface area contributed by atoms with Crippen molar-refractivity contribution in [1.82, 2.24) is 14.9 Å². The Hall–Kier alpha value is -3.63. The van der Waals surface area contributed by atoms with E-state index in [0.717, 1.165) is 28.6 Å². The number of thioether (sulfide) groups is 1. The van der Waals surface area contributed by atoms with Gasteiger partial charge in [-0.15, -0.1) is 11.3 Å². The lowest BCUT2D eigenvalue weighted by atomic mass is 10.1. The van der Waals surface area contributed by atoms with E-state index in [9.17, 15) is 14.4 Å². The van der Waals surface area contributed by atoms with E-state index < -0.39 is 11.9 Å². The van der Waals surface area contributed by atoms with Gasteiger partial charge in [0.1, 0.15) is 10.6 Å². The van der Waals surface area contributed by atoms with E-state index in [1.165, 1.54) is 15.9 Å². The van der Waals surface area contributed by atoms with Crippen molar-refractivity contribution in [3.8, 4) is 22.6 Å². The van der Waals surface area contributed by atoms with Crippen molar-refractivity contribution in [2.24, 2.45) is 5.73 Å². The predicted octanol–water partition coefficient (Wildman–Crippen LogP) is 3.41. The van der Waals surface area contributed by atoms with Crippen molar-refractivity contribution in [2.75, 3.05) is 12.9 Å². The molecule has 0 aliphatic rings. The van der Waals surface area contributed by atoms with E-state index >= 15 is 0 Å². The number of carbonyl (C=O) groups excluding carboxylic acids is 2. The van der Waals surface area contributed by atoms with Gasteiger partial charge >= 0.3 is 6.03 Å². The number of nitrogens with zero attached hydrogens (tertiary/aromatic N) is 2. The number of methoxy groups -OCH3 is 1. The molecule has 2 heterocycles. The summed E-state index contributed by atoms with van der Waals surface area (Å²) in [5.41, 5.74) is 7.03. The number of ether oxygens (including phenoxy) is 1. The molecule has 4 aromatic rings. The quantitative estimate of drug-likeness (QED) is 0.332. The maximum atomic E-state index is 13.7. The van der Waals surface area contributed by atoms with Crippen molar-refractivity contribution in [3.63, 3.8) is 0 Å². The van der Waals surface area contributed by atoms with Crippen molar-refractivity contribution >= 4 is 45.3 Å². The Labute approximate surface area is 191 Å². The summed E-state index contributed by atoms with van der Waals surface area (Å²) in [7, 11) is 1.60. The molecule has 0 saturated carbocycles. The van der Waals surface area contributed by atoms with Crippen LogP contribution >= 0.6 is 23.1 Å². The Morgan fingerprint density at radius 2 is 1.88 bits per heavy atom. The lowest BCUT2D eigenvalue weighted by Crippen LogP contribution is -2.36. The second-order valence-corrected chi connectivity index (χ2v) is 8.43. The summed E-state index contributed by atoms with van der Waals surface area (Å²) in [5, 5.41) is 4.75. The monoisotopic (exact) mass is 466 g/mol. The largest absolute Gasteiger partial charge is 0.497 e. The molecule has 3 amide bonds. The van der Waals surface area contributed by atoms with Gasteiger partial charge in [-0.25, -0.2) is 9.78 Å². The minimum Gasteiger partial charge on any atom is -0.497 e. The molecule has 0 saturated heterocycles. The molecule has 0 atom stereocenters. The molecule has 0 bridgehead atoms. The van der Waals surface area contributed by atoms with Crippen LogP contribution < -0.4 is 21.3 Å². The average molecular weight is 467 g/mol. The zero-order valence-electron chi connectivity index (χ0n) is 16.9. The number of hydrogen-bond donors (Lipinski definition) is 2. The van der Waals surface area contributed by atoms with Crippen molar-refractivity contribution in [2.45, 2.75) is 5.16 Å². The molecule has 8 nitrogen and oxygen atoms in total. The van der Waals surface area contributed by atoms with Gasteiger partial charge in [-0.1, -0.05) is 42.1 Å². The van der Waals surface area contributed by atoms with Crippen LogP contribution in [0.1, 0.15) is 0 Å². The van der Waals surface area contributed by atoms with Crippen LogP contribution in [0.25, 0.3) is 27.0 Å². The maximum absolute atomic E-state index is 13.7. The van der Waals surface area contributed by atoms with Crippen LogP contribution in [0.3, 0.4) is 0 Å². The van der Waals surface area contributed by atoms with Crippen LogP contribution in [0.5, 0.6) is 5.75 Å². The van der Waals surface area contributed by atoms with Crippen LogP contribution in [-0.4, -0.2) is 34.4 Å². The number of para-hydroxylation sites is 1. The molecule has 32 heavy (non-hydrogen) atoms. The second-order valence-electron chi connectivity index (χ2n) is 6.63. The Kier molecular flexibility index (Phi) is 6.24. The number of rotatable bonds is 6. The summed E-state index contributed by atoms with van der Waals surface area (Å²) >= 11 is 2.41. The van der Waals surface area contributed by atoms with Crippen molar-refractivity contribution in [3.05, 3.63) is 70.3 Å². The number of carbonyl (C=O) groups is 2. The van der Waals surface area contributed by atoms with Crippen molar-refractivity contribution in [1.29, 1.82) is 0 Å². The molecule has 162 valence electrons. The molecule has 3 N–H and O–H groups in total. The molecule has 4 rings (SSSR count). The number of imide groups is 1. The highest BCUT2D eigenvalue weighted by Crippen LogP contribution is 2.33. The highest BCUT2D eigenvalue weighted by Gasteiger charge is 2.19. The topological polar surface area (TPSA) is 116 Å². The second kappa shape index (κ2) is 9.25. The van der Waals surface area contributed by atoms with E-state index in [1.54, 1.807) is 19.2 Å². The summed E-state index contributed by atoms with van der Waals surface area (Å²) in [6.45, 7) is 0. The number of fused-ring (bicyclic) bond motifs is 1. The van der Waals surface area contributed by atoms with Gasteiger partial charge in [0.15, 0.2) is 5.16 Å². The molecule has 0 radical (unpaired) electrons. The number of nitrogens with one attached hydrogen (secondary N) is 1. The van der Waals surface area contributed by atoms with Crippen LogP contribution in [0, 0.1) is 0 Å². The Morgan fingerprint density at radius 1 is 1.16 bits per heavy atom. The van der Waals surface area contributed by atoms with Gasteiger partial charge in [0.2, 0.25) is 5.91 Å². The van der Waals surface area contributed by atoms with Crippen LogP contribution in [0.2, 0.25) is 0 Å². The number of nitrogens with two attached hydrogens (primary N) is 1. The minimum atomic E-state index is -0.929. The van der Waals surface area contributed by atoms with E-state index in [1.807, 2.05) is 53.2 Å². The molecule has 0 aliphatic carbocycles. The molecule has 10 heteroatoms. The van der Waals surface area contributed by atoms with E-state index in [-0.39, 0.29) is 11.3 Å². The molecule has 0 fully saturated rings. The smallest absolute Gasteiger partial charge is 0.318 e. The number of urea groups is 1. The third kappa shape index (κ3) is 4.36. The number of hydrogen-bond acceptors (Lipinski definition) is 7. The SMILES string of the molecule is COc1ccc(-c2csc3nc(SCC(=O)NC(N)=O)n(-c4ccccc4)c(=O)c23)cc1. The zero-order chi connectivity index (χ0) is 22.7. The number of aromatic nitrogens is 2. The summed E-state index contributed by atoms with van der Waals surface area (Å²) in [6, 6.07) is 15.6. The number of amides is 3. The van der Waals surface area contributed by atoms with Gasteiger partial charge < -0.3 is 10.5 Å². The fourth-order valence-corrected chi connectivity index (χ4v) is 4.96. The zero-order valence-corrected chi connectivity index (χ0v) is 18.5. The average Bonchev–Trinajstić information content (AvgIpc) is 3.22. The first-order chi connectivity index (χ1) is 15.5. The maximum Gasteiger partial charge on any atom is 0.318 e. The van der Waals surface area contributed by atoms with E-state index in [4.69, 9.17) is 10.5 Å². The van der Waals surface area contributed by atoms with E-state index in [2.05, 4.69) is 4.98 Å². The van der Waals surface area contributed by atoms with Gasteiger partial charge in [0, 0.05) is 10.9 Å². The Balaban J connectivity index is 1.84. The number of thiophene rings is 1. The first-order valence-corrected chi connectivity index (χ1v) is 11.3. The van der Waals surface area contributed by atoms with Crippen LogP contribution in [0.15, 0.2) is 69.9 Å². The minimum absolute atomic E-state index is 0.121. The number of primary amides is 1. The van der Waals surface area contributed by atoms with Gasteiger partial charge in [0.25, 0.3) is 5.56 Å². The summed E-state index contributed by atoms with van der Waals surface area (Å²) in [4.78, 5) is 41.7. The summed E-state index contributed by atoms with van der Waals surface area (Å²) < 4.78 is 6.70. The first kappa shape index (κ1) is 21.6. The summed E-state index contributed by atoms with van der Waals surface area (Å²) in [6.07, 6.45) is 0. The molecule has 0 aliphatic heterocycles. The molecule has 0 spiro atoms. The van der Waals surface area contributed by atoms with Crippen LogP contribution in [0.4, 0.5) is 4.79 Å². The fourth-order valence-electron chi connectivity index (χ4n) is 3.16. The normalized spacial score (nSPS) is 10.8. The lowest BCUT2D eigenvalue weighted by Gasteiger charge is -2.12. The third-order valence-corrected chi connectivity index (χ3v) is 6.40. The van der Waals surface area contributed by atoms with Gasteiger partial charge in [-0.3, -0.25) is 19.5 Å². The Bertz CT molecular complexity index is 1350. The van der Waals surface area contributed by atoms with Crippen LogP contribution in [-0.2, 0) is 4.79 Å². The molecule has 2 aromatic carbocycles. The molecular formula is C22H18N4O4S2.